The second-order valence-corrected chi connectivity index (χ2v) is 4.14. The molecule has 0 unspecified atom stereocenters. The van der Waals surface area contributed by atoms with Crippen molar-refractivity contribution < 1.29 is 14.2 Å². The van der Waals surface area contributed by atoms with E-state index < -0.39 is 5.82 Å². The summed E-state index contributed by atoms with van der Waals surface area (Å²) in [5.74, 6) is -0.343. The second kappa shape index (κ2) is 3.83. The maximum absolute atomic E-state index is 13.3. The molecule has 1 aromatic rings. The van der Waals surface area contributed by atoms with Crippen molar-refractivity contribution >= 4 is 11.4 Å². The van der Waals surface area contributed by atoms with E-state index in [2.05, 4.69) is 5.32 Å². The van der Waals surface area contributed by atoms with Crippen molar-refractivity contribution in [2.75, 3.05) is 24.8 Å². The van der Waals surface area contributed by atoms with Crippen LogP contribution in [0.2, 0.25) is 0 Å². The summed E-state index contributed by atoms with van der Waals surface area (Å²) in [5.41, 5.74) is 6.33. The molecule has 0 aromatic heterocycles. The molecular weight excluding hydrogens is 211 g/mol. The number of nitrogen functional groups attached to an aromatic ring is 1. The number of hydrogen-bond acceptors (Lipinski definition) is 4. The summed E-state index contributed by atoms with van der Waals surface area (Å²) in [7, 11) is 1.40. The first-order valence-electron chi connectivity index (χ1n) is 5.12. The number of methoxy groups -OCH3 is 1. The summed E-state index contributed by atoms with van der Waals surface area (Å²) in [4.78, 5) is 0. The summed E-state index contributed by atoms with van der Waals surface area (Å²) in [6.45, 7) is 0.0477. The van der Waals surface area contributed by atoms with E-state index in [9.17, 15) is 9.50 Å². The van der Waals surface area contributed by atoms with Gasteiger partial charge in [-0.15, -0.1) is 0 Å². The Bertz CT molecular complexity index is 405. The second-order valence-electron chi connectivity index (χ2n) is 4.14. The summed E-state index contributed by atoms with van der Waals surface area (Å²) in [5, 5.41) is 12.3. The molecule has 2 rings (SSSR count). The van der Waals surface area contributed by atoms with E-state index in [0.29, 0.717) is 11.4 Å². The van der Waals surface area contributed by atoms with Gasteiger partial charge in [0.15, 0.2) is 11.6 Å². The monoisotopic (exact) mass is 226 g/mol. The Hall–Kier alpha value is -1.49. The predicted octanol–water partition coefficient (Wildman–Crippen LogP) is 1.35. The highest BCUT2D eigenvalue weighted by molar-refractivity contribution is 5.70. The van der Waals surface area contributed by atoms with Crippen molar-refractivity contribution in [2.24, 2.45) is 0 Å². The lowest BCUT2D eigenvalue weighted by Crippen LogP contribution is -2.26. The van der Waals surface area contributed by atoms with Crippen LogP contribution in [-0.2, 0) is 0 Å². The van der Waals surface area contributed by atoms with E-state index in [1.807, 2.05) is 0 Å². The highest BCUT2D eigenvalue weighted by Gasteiger charge is 2.42. The Morgan fingerprint density at radius 2 is 2.25 bits per heavy atom. The number of aliphatic hydroxyl groups excluding tert-OH is 1. The first-order valence-corrected chi connectivity index (χ1v) is 5.12. The minimum atomic E-state index is -0.487. The van der Waals surface area contributed by atoms with Crippen molar-refractivity contribution in [1.29, 1.82) is 0 Å². The zero-order valence-corrected chi connectivity index (χ0v) is 9.09. The van der Waals surface area contributed by atoms with E-state index in [0.717, 1.165) is 12.8 Å². The number of nitrogens with two attached hydrogens (primary N) is 1. The van der Waals surface area contributed by atoms with E-state index in [1.54, 1.807) is 0 Å². The molecule has 1 fully saturated rings. The van der Waals surface area contributed by atoms with Gasteiger partial charge < -0.3 is 20.9 Å². The lowest BCUT2D eigenvalue weighted by atomic mass is 10.2. The number of hydrogen-bond donors (Lipinski definition) is 3. The molecule has 0 saturated heterocycles. The lowest BCUT2D eigenvalue weighted by molar-refractivity contribution is 0.266. The van der Waals surface area contributed by atoms with E-state index in [4.69, 9.17) is 10.5 Å². The molecule has 88 valence electrons. The average Bonchev–Trinajstić information content (AvgIpc) is 3.03. The standard InChI is InChI=1S/C11H15FN2O2/c1-16-10-5-9(8(13)4-7(10)12)14-11(6-15)2-3-11/h4-5,14-15H,2-3,6,13H2,1H3. The summed E-state index contributed by atoms with van der Waals surface area (Å²) in [6, 6.07) is 2.73. The van der Waals surface area contributed by atoms with Crippen LogP contribution in [0.25, 0.3) is 0 Å². The third kappa shape index (κ3) is 1.90. The van der Waals surface area contributed by atoms with Gasteiger partial charge in [-0.1, -0.05) is 0 Å². The van der Waals surface area contributed by atoms with Gasteiger partial charge in [-0.2, -0.15) is 0 Å². The Morgan fingerprint density at radius 1 is 1.56 bits per heavy atom. The van der Waals surface area contributed by atoms with Gasteiger partial charge in [-0.25, -0.2) is 4.39 Å². The summed E-state index contributed by atoms with van der Waals surface area (Å²) >= 11 is 0. The van der Waals surface area contributed by atoms with Crippen LogP contribution in [0, 0.1) is 5.82 Å². The molecule has 4 nitrogen and oxygen atoms in total. The molecule has 0 atom stereocenters. The highest BCUT2D eigenvalue weighted by Crippen LogP contribution is 2.40. The molecule has 0 amide bonds. The molecule has 0 aliphatic heterocycles. The first-order chi connectivity index (χ1) is 7.60. The third-order valence-corrected chi connectivity index (χ3v) is 2.88. The molecule has 0 heterocycles. The van der Waals surface area contributed by atoms with Gasteiger partial charge in [0.05, 0.1) is 30.6 Å². The van der Waals surface area contributed by atoms with E-state index in [1.165, 1.54) is 19.2 Å². The molecular formula is C11H15FN2O2. The fraction of sp³-hybridized carbons (Fsp3) is 0.455. The molecule has 0 radical (unpaired) electrons. The third-order valence-electron chi connectivity index (χ3n) is 2.88. The Balaban J connectivity index is 2.26. The van der Waals surface area contributed by atoms with Crippen molar-refractivity contribution in [1.82, 2.24) is 0 Å². The zero-order chi connectivity index (χ0) is 11.8. The van der Waals surface area contributed by atoms with Crippen LogP contribution < -0.4 is 15.8 Å². The first kappa shape index (κ1) is 11.0. The Kier molecular flexibility index (Phi) is 2.63. The van der Waals surface area contributed by atoms with E-state index in [-0.39, 0.29) is 17.9 Å². The number of aliphatic hydroxyl groups is 1. The molecule has 0 bridgehead atoms. The topological polar surface area (TPSA) is 67.5 Å². The van der Waals surface area contributed by atoms with Crippen LogP contribution >= 0.6 is 0 Å². The fourth-order valence-electron chi connectivity index (χ4n) is 1.59. The van der Waals surface area contributed by atoms with Crippen LogP contribution in [0.15, 0.2) is 12.1 Å². The smallest absolute Gasteiger partial charge is 0.167 e. The SMILES string of the molecule is COc1cc(NC2(CO)CC2)c(N)cc1F. The molecule has 1 aromatic carbocycles. The van der Waals surface area contributed by atoms with Crippen LogP contribution in [0.5, 0.6) is 5.75 Å². The number of nitrogens with one attached hydrogen (secondary N) is 1. The number of ether oxygens (including phenoxy) is 1. The van der Waals surface area contributed by atoms with Gasteiger partial charge in [-0.05, 0) is 12.8 Å². The predicted molar refractivity (Wildman–Crippen MR) is 60.0 cm³/mol. The maximum atomic E-state index is 13.3. The van der Waals surface area contributed by atoms with E-state index >= 15 is 0 Å². The molecule has 1 aliphatic carbocycles. The van der Waals surface area contributed by atoms with Gasteiger partial charge in [-0.3, -0.25) is 0 Å². The van der Waals surface area contributed by atoms with Crippen molar-refractivity contribution in [2.45, 2.75) is 18.4 Å². The van der Waals surface area contributed by atoms with Crippen molar-refractivity contribution in [3.63, 3.8) is 0 Å². The van der Waals surface area contributed by atoms with Gasteiger partial charge in [0.2, 0.25) is 0 Å². The van der Waals surface area contributed by atoms with Crippen LogP contribution in [-0.4, -0.2) is 24.4 Å². The normalized spacial score (nSPS) is 16.9. The van der Waals surface area contributed by atoms with Crippen LogP contribution in [0.3, 0.4) is 0 Å². The number of halogens is 1. The quantitative estimate of drug-likeness (QED) is 0.678. The van der Waals surface area contributed by atoms with Gasteiger partial charge in [0.1, 0.15) is 0 Å². The van der Waals surface area contributed by atoms with Crippen molar-refractivity contribution in [3.8, 4) is 5.75 Å². The Labute approximate surface area is 93.2 Å². The largest absolute Gasteiger partial charge is 0.494 e. The van der Waals surface area contributed by atoms with Gasteiger partial charge in [0.25, 0.3) is 0 Å². The Morgan fingerprint density at radius 3 is 2.75 bits per heavy atom. The fourth-order valence-corrected chi connectivity index (χ4v) is 1.59. The minimum Gasteiger partial charge on any atom is -0.494 e. The molecule has 1 aliphatic rings. The van der Waals surface area contributed by atoms with Gasteiger partial charge >= 0.3 is 0 Å². The number of benzene rings is 1. The summed E-state index contributed by atoms with van der Waals surface area (Å²) in [6.07, 6.45) is 1.78. The number of anilines is 2. The lowest BCUT2D eigenvalue weighted by Gasteiger charge is -2.18. The number of rotatable bonds is 4. The zero-order valence-electron chi connectivity index (χ0n) is 9.09. The average molecular weight is 226 g/mol. The molecule has 1 saturated carbocycles. The molecule has 16 heavy (non-hydrogen) atoms. The van der Waals surface area contributed by atoms with Crippen LogP contribution in [0.1, 0.15) is 12.8 Å². The molecule has 5 heteroatoms. The van der Waals surface area contributed by atoms with Crippen molar-refractivity contribution in [3.05, 3.63) is 17.9 Å². The molecule has 4 N–H and O–H groups in total. The summed E-state index contributed by atoms with van der Waals surface area (Å²) < 4.78 is 18.2. The van der Waals surface area contributed by atoms with Crippen LogP contribution in [0.4, 0.5) is 15.8 Å². The minimum absolute atomic E-state index is 0.0477. The molecule has 0 spiro atoms. The van der Waals surface area contributed by atoms with Gasteiger partial charge in [0, 0.05) is 12.1 Å². The highest BCUT2D eigenvalue weighted by atomic mass is 19.1. The maximum Gasteiger partial charge on any atom is 0.167 e.